The van der Waals surface area contributed by atoms with E-state index in [1.807, 2.05) is 0 Å². The Hall–Kier alpha value is -1.30. The fourth-order valence-electron chi connectivity index (χ4n) is 7.13. The zero-order valence-electron chi connectivity index (χ0n) is 28.0. The molecule has 4 unspecified atom stereocenters. The van der Waals surface area contributed by atoms with E-state index in [1.165, 1.54) is 4.88 Å². The minimum atomic E-state index is -0.752. The highest BCUT2D eigenvalue weighted by Gasteiger charge is 2.45. The largest absolute Gasteiger partial charge is 0.481 e. The topological polar surface area (TPSA) is 92.7 Å². The summed E-state index contributed by atoms with van der Waals surface area (Å²) in [6.45, 7) is 4.28. The molecule has 8 atom stereocenters. The Labute approximate surface area is 290 Å². The van der Waals surface area contributed by atoms with E-state index in [1.54, 1.807) is 11.3 Å². The molecule has 8 nitrogen and oxygen atoms in total. The molecule has 0 bridgehead atoms. The molecule has 0 aromatic carbocycles. The highest BCUT2D eigenvalue weighted by molar-refractivity contribution is 7.12. The van der Waals surface area contributed by atoms with Crippen molar-refractivity contribution in [2.24, 2.45) is 11.8 Å². The maximum absolute atomic E-state index is 11.0. The number of ether oxygens (including phenoxy) is 6. The molecular weight excluding hydrogens is 640 g/mol. The van der Waals surface area contributed by atoms with Crippen molar-refractivity contribution in [1.82, 2.24) is 0 Å². The van der Waals surface area contributed by atoms with Gasteiger partial charge in [-0.05, 0) is 109 Å². The second-order valence-corrected chi connectivity index (χ2v) is 15.2. The molecule has 1 aromatic heterocycles. The molecule has 0 spiro atoms. The van der Waals surface area contributed by atoms with Crippen LogP contribution in [0.3, 0.4) is 0 Å². The number of aryl methyl sites for hydroxylation is 2. The van der Waals surface area contributed by atoms with Crippen molar-refractivity contribution in [1.29, 1.82) is 0 Å². The number of hydrogen-bond donors (Lipinski definition) is 1. The molecule has 4 heterocycles. The average molecular weight is 695 g/mol. The van der Waals surface area contributed by atoms with Gasteiger partial charge in [-0.3, -0.25) is 4.79 Å². The number of rotatable bonds is 17. The Morgan fingerprint density at radius 3 is 2.23 bits per heavy atom. The van der Waals surface area contributed by atoms with E-state index in [4.69, 9.17) is 45.1 Å². The first-order valence-electron chi connectivity index (χ1n) is 18.1. The Bertz CT molecular complexity index is 1100. The molecule has 1 aromatic rings. The molecule has 47 heavy (non-hydrogen) atoms. The molecule has 1 saturated carbocycles. The van der Waals surface area contributed by atoms with E-state index in [-0.39, 0.29) is 55.4 Å². The van der Waals surface area contributed by atoms with Crippen molar-refractivity contribution in [2.75, 3.05) is 19.8 Å². The summed E-state index contributed by atoms with van der Waals surface area (Å²) in [5.74, 6) is -0.487. The molecule has 1 N–H and O–H groups in total. The number of hydrogen-bond acceptors (Lipinski definition) is 8. The van der Waals surface area contributed by atoms with Gasteiger partial charge in [0.1, 0.15) is 0 Å². The van der Waals surface area contributed by atoms with Crippen molar-refractivity contribution in [3.8, 4) is 0 Å². The van der Waals surface area contributed by atoms with Crippen LogP contribution in [0.2, 0.25) is 5.02 Å². The Balaban J connectivity index is 1.35. The molecule has 3 saturated heterocycles. The van der Waals surface area contributed by atoms with Gasteiger partial charge in [0.15, 0.2) is 18.9 Å². The molecule has 1 aliphatic carbocycles. The molecule has 4 aliphatic rings. The van der Waals surface area contributed by atoms with E-state index in [0.29, 0.717) is 6.42 Å². The summed E-state index contributed by atoms with van der Waals surface area (Å²) in [6, 6.07) is 2.08. The van der Waals surface area contributed by atoms with E-state index >= 15 is 0 Å². The van der Waals surface area contributed by atoms with Crippen LogP contribution in [0.4, 0.5) is 0 Å². The normalized spacial score (nSPS) is 31.1. The molecule has 0 amide bonds. The molecule has 0 radical (unpaired) electrons. The monoisotopic (exact) mass is 694 g/mol. The fraction of sp³-hybridized carbons (Fsp3) is 0.757. The zero-order chi connectivity index (χ0) is 32.8. The lowest BCUT2D eigenvalue weighted by molar-refractivity contribution is -0.203. The molecular formula is C37H55ClO8S. The molecule has 10 heteroatoms. The van der Waals surface area contributed by atoms with Gasteiger partial charge in [0.2, 0.25) is 0 Å². The van der Waals surface area contributed by atoms with Crippen molar-refractivity contribution in [3.63, 3.8) is 0 Å². The van der Waals surface area contributed by atoms with Gasteiger partial charge in [0.05, 0.1) is 23.3 Å². The number of allylic oxidation sites excluding steroid dienone is 2. The van der Waals surface area contributed by atoms with Crippen LogP contribution < -0.4 is 0 Å². The lowest BCUT2D eigenvalue weighted by Gasteiger charge is -2.30. The Kier molecular flexibility index (Phi) is 15.6. The van der Waals surface area contributed by atoms with Crippen LogP contribution in [-0.2, 0) is 39.6 Å². The number of carbonyl (C=O) groups is 1. The molecule has 4 fully saturated rings. The predicted octanol–water partition coefficient (Wildman–Crippen LogP) is 8.77. The number of halogens is 1. The molecule has 264 valence electrons. The summed E-state index contributed by atoms with van der Waals surface area (Å²) in [5, 5.41) is 9.88. The number of thiophene rings is 1. The van der Waals surface area contributed by atoms with Crippen LogP contribution in [0, 0.1) is 18.8 Å². The van der Waals surface area contributed by atoms with Crippen molar-refractivity contribution < 1.29 is 38.3 Å². The summed E-state index contributed by atoms with van der Waals surface area (Å²) in [5.41, 5.74) is 0. The van der Waals surface area contributed by atoms with Crippen LogP contribution >= 0.6 is 22.9 Å². The van der Waals surface area contributed by atoms with Crippen molar-refractivity contribution in [3.05, 3.63) is 45.1 Å². The maximum Gasteiger partial charge on any atom is 0.303 e. The van der Waals surface area contributed by atoms with Crippen molar-refractivity contribution >= 4 is 28.9 Å². The van der Waals surface area contributed by atoms with E-state index in [0.717, 1.165) is 120 Å². The molecule has 3 aliphatic heterocycles. The maximum atomic E-state index is 11.0. The Morgan fingerprint density at radius 2 is 1.64 bits per heavy atom. The summed E-state index contributed by atoms with van der Waals surface area (Å²) < 4.78 is 38.2. The highest BCUT2D eigenvalue weighted by Crippen LogP contribution is 2.42. The van der Waals surface area contributed by atoms with Crippen LogP contribution in [0.1, 0.15) is 106 Å². The van der Waals surface area contributed by atoms with Crippen LogP contribution in [0.5, 0.6) is 0 Å². The summed E-state index contributed by atoms with van der Waals surface area (Å²) >= 11 is 8.15. The second kappa shape index (κ2) is 19.8. The number of unbranched alkanes of at least 4 members (excludes halogenated alkanes) is 1. The van der Waals surface area contributed by atoms with Gasteiger partial charge >= 0.3 is 5.97 Å². The first-order valence-corrected chi connectivity index (χ1v) is 19.2. The number of carboxylic acids is 1. The standard InChI is InChI=1S/C37H55ClO8S/c1-26-31(38)24-28(47-26)19-17-27(44-35-14-6-9-21-41-35)18-20-30-29(12-4-2-3-5-13-34(39)40)32(45-36-15-7-10-22-42-36)25-33(30)46-37-16-8-11-23-43-37/h2,4,18,20,24,27,29-30,32-33,35-37H,3,5-17,19,21-23,25H2,1H3,(H,39,40)/t27?,29-,30-,32+,33-,35?,36?,37?/m1/s1. The number of aliphatic carboxylic acids is 1. The van der Waals surface area contributed by atoms with Gasteiger partial charge in [-0.2, -0.15) is 0 Å². The van der Waals surface area contributed by atoms with Gasteiger partial charge in [-0.25, -0.2) is 0 Å². The minimum Gasteiger partial charge on any atom is -0.481 e. The van der Waals surface area contributed by atoms with Crippen LogP contribution in [-0.4, -0.2) is 68.1 Å². The Morgan fingerprint density at radius 1 is 0.979 bits per heavy atom. The third kappa shape index (κ3) is 12.2. The summed E-state index contributed by atoms with van der Waals surface area (Å²) in [4.78, 5) is 13.4. The van der Waals surface area contributed by atoms with E-state index < -0.39 is 5.97 Å². The van der Waals surface area contributed by atoms with E-state index in [2.05, 4.69) is 37.3 Å². The first-order chi connectivity index (χ1) is 22.9. The molecule has 5 rings (SSSR count). The minimum absolute atomic E-state index is 0.0257. The first kappa shape index (κ1) is 37.0. The predicted molar refractivity (Wildman–Crippen MR) is 184 cm³/mol. The third-order valence-corrected chi connectivity index (χ3v) is 11.3. The van der Waals surface area contributed by atoms with Crippen LogP contribution in [0.25, 0.3) is 0 Å². The summed E-state index contributed by atoms with van der Waals surface area (Å²) in [6.07, 6.45) is 22.3. The zero-order valence-corrected chi connectivity index (χ0v) is 29.6. The van der Waals surface area contributed by atoms with Crippen molar-refractivity contribution in [2.45, 2.75) is 147 Å². The number of carboxylic acid groups (broad SMARTS) is 1. The lowest BCUT2D eigenvalue weighted by atomic mass is 9.89. The second-order valence-electron chi connectivity index (χ2n) is 13.4. The third-order valence-electron chi connectivity index (χ3n) is 9.73. The SMILES string of the molecule is Cc1sc(CCC(C=C[C@@H]2[C@@H](CC=CCCCC(=O)O)[C@@H](OC3CCCCO3)C[C@H]2OC2CCCCO2)OC2CCCCO2)cc1Cl. The lowest BCUT2D eigenvalue weighted by Crippen LogP contribution is -2.31. The van der Waals surface area contributed by atoms with Gasteiger partial charge in [-0.1, -0.05) is 35.9 Å². The quantitative estimate of drug-likeness (QED) is 0.128. The van der Waals surface area contributed by atoms with Gasteiger partial charge in [0, 0.05) is 48.3 Å². The highest BCUT2D eigenvalue weighted by atomic mass is 35.5. The smallest absolute Gasteiger partial charge is 0.303 e. The van der Waals surface area contributed by atoms with Gasteiger partial charge in [0.25, 0.3) is 0 Å². The average Bonchev–Trinajstić information content (AvgIpc) is 3.57. The summed E-state index contributed by atoms with van der Waals surface area (Å²) in [7, 11) is 0. The van der Waals surface area contributed by atoms with Gasteiger partial charge in [-0.15, -0.1) is 11.3 Å². The fourth-order valence-corrected chi connectivity index (χ4v) is 8.39. The van der Waals surface area contributed by atoms with Crippen LogP contribution in [0.15, 0.2) is 30.4 Å². The van der Waals surface area contributed by atoms with Gasteiger partial charge < -0.3 is 33.5 Å². The van der Waals surface area contributed by atoms with E-state index in [9.17, 15) is 4.79 Å².